The first-order valence-corrected chi connectivity index (χ1v) is 7.66. The van der Waals surface area contributed by atoms with Crippen LogP contribution in [0.25, 0.3) is 0 Å². The van der Waals surface area contributed by atoms with Gasteiger partial charge in [-0.1, -0.05) is 53.9 Å². The zero-order chi connectivity index (χ0) is 14.5. The average molecular weight is 329 g/mol. The molecule has 2 rings (SSSR count). The minimum Gasteiger partial charge on any atom is -0.310 e. The highest BCUT2D eigenvalue weighted by molar-refractivity contribution is 6.33. The first-order valence-electron chi connectivity index (χ1n) is 6.53. The van der Waals surface area contributed by atoms with Crippen LogP contribution in [0.4, 0.5) is 0 Å². The van der Waals surface area contributed by atoms with E-state index in [0.717, 1.165) is 28.6 Å². The fourth-order valence-corrected chi connectivity index (χ4v) is 2.73. The molecule has 0 bridgehead atoms. The summed E-state index contributed by atoms with van der Waals surface area (Å²) in [5.74, 6) is 0. The zero-order valence-electron chi connectivity index (χ0n) is 11.2. The lowest BCUT2D eigenvalue weighted by Gasteiger charge is -2.20. The maximum absolute atomic E-state index is 6.30. The van der Waals surface area contributed by atoms with E-state index in [1.54, 1.807) is 6.07 Å². The summed E-state index contributed by atoms with van der Waals surface area (Å²) in [6.07, 6.45) is 0.838. The third kappa shape index (κ3) is 4.13. The molecule has 0 aliphatic heterocycles. The average Bonchev–Trinajstić information content (AvgIpc) is 2.43. The Morgan fingerprint density at radius 2 is 1.60 bits per heavy atom. The fraction of sp³-hybridized carbons (Fsp3) is 0.250. The molecule has 2 aromatic carbocycles. The van der Waals surface area contributed by atoms with Gasteiger partial charge in [-0.15, -0.1) is 0 Å². The minimum absolute atomic E-state index is 0.132. The highest BCUT2D eigenvalue weighted by Gasteiger charge is 2.15. The van der Waals surface area contributed by atoms with Gasteiger partial charge in [0.25, 0.3) is 0 Å². The molecule has 1 unspecified atom stereocenters. The minimum atomic E-state index is 0.132. The van der Waals surface area contributed by atoms with Crippen molar-refractivity contribution < 1.29 is 0 Å². The lowest BCUT2D eigenvalue weighted by Crippen LogP contribution is -2.23. The van der Waals surface area contributed by atoms with Gasteiger partial charge in [0, 0.05) is 21.1 Å². The van der Waals surface area contributed by atoms with Gasteiger partial charge in [-0.05, 0) is 54.4 Å². The maximum atomic E-state index is 6.30. The van der Waals surface area contributed by atoms with Crippen molar-refractivity contribution in [3.63, 3.8) is 0 Å². The fourth-order valence-electron chi connectivity index (χ4n) is 2.18. The standard InChI is InChI=1S/C16H16Cl3N/c1-2-20-16(9-11-3-5-12(17)6-4-11)14-10-13(18)7-8-15(14)19/h3-8,10,16,20H,2,9H2,1H3. The molecular formula is C16H16Cl3N. The molecule has 4 heteroatoms. The van der Waals surface area contributed by atoms with Gasteiger partial charge in [0.2, 0.25) is 0 Å². The number of nitrogens with one attached hydrogen (secondary N) is 1. The van der Waals surface area contributed by atoms with Crippen LogP contribution < -0.4 is 5.32 Å². The largest absolute Gasteiger partial charge is 0.310 e. The third-order valence-corrected chi connectivity index (χ3v) is 3.97. The van der Waals surface area contributed by atoms with Crippen LogP contribution in [-0.4, -0.2) is 6.54 Å². The van der Waals surface area contributed by atoms with Gasteiger partial charge in [-0.2, -0.15) is 0 Å². The van der Waals surface area contributed by atoms with Crippen molar-refractivity contribution >= 4 is 34.8 Å². The van der Waals surface area contributed by atoms with E-state index in [1.807, 2.05) is 36.4 Å². The number of hydrogen-bond acceptors (Lipinski definition) is 1. The van der Waals surface area contributed by atoms with Crippen LogP contribution in [0.1, 0.15) is 24.1 Å². The summed E-state index contributed by atoms with van der Waals surface area (Å²) in [5, 5.41) is 5.63. The topological polar surface area (TPSA) is 12.0 Å². The van der Waals surface area contributed by atoms with E-state index in [4.69, 9.17) is 34.8 Å². The second kappa shape index (κ2) is 7.33. The lowest BCUT2D eigenvalue weighted by atomic mass is 9.98. The number of hydrogen-bond donors (Lipinski definition) is 1. The van der Waals surface area contributed by atoms with Gasteiger partial charge in [-0.3, -0.25) is 0 Å². The molecule has 0 heterocycles. The molecule has 0 amide bonds. The zero-order valence-corrected chi connectivity index (χ0v) is 13.4. The number of halogens is 3. The molecule has 1 atom stereocenters. The van der Waals surface area contributed by atoms with E-state index >= 15 is 0 Å². The molecule has 0 saturated carbocycles. The van der Waals surface area contributed by atoms with E-state index in [2.05, 4.69) is 12.2 Å². The third-order valence-electron chi connectivity index (χ3n) is 3.14. The Bertz CT molecular complexity index is 566. The van der Waals surface area contributed by atoms with Crippen LogP contribution in [0.2, 0.25) is 15.1 Å². The van der Waals surface area contributed by atoms with E-state index in [1.165, 1.54) is 5.56 Å². The SMILES string of the molecule is CCNC(Cc1ccc(Cl)cc1)c1cc(Cl)ccc1Cl. The Morgan fingerprint density at radius 3 is 2.25 bits per heavy atom. The van der Waals surface area contributed by atoms with Crippen LogP contribution in [-0.2, 0) is 6.42 Å². The maximum Gasteiger partial charge on any atom is 0.0454 e. The van der Waals surface area contributed by atoms with Gasteiger partial charge < -0.3 is 5.32 Å². The lowest BCUT2D eigenvalue weighted by molar-refractivity contribution is 0.550. The summed E-state index contributed by atoms with van der Waals surface area (Å²) >= 11 is 18.3. The second-order valence-electron chi connectivity index (χ2n) is 4.61. The van der Waals surface area contributed by atoms with Crippen molar-refractivity contribution in [2.75, 3.05) is 6.54 Å². The quantitative estimate of drug-likeness (QED) is 0.760. The summed E-state index contributed by atoms with van der Waals surface area (Å²) in [7, 11) is 0. The van der Waals surface area contributed by atoms with E-state index in [-0.39, 0.29) is 6.04 Å². The summed E-state index contributed by atoms with van der Waals surface area (Å²) < 4.78 is 0. The van der Waals surface area contributed by atoms with E-state index in [0.29, 0.717) is 5.02 Å². The highest BCUT2D eigenvalue weighted by Crippen LogP contribution is 2.29. The van der Waals surface area contributed by atoms with Gasteiger partial charge in [0.15, 0.2) is 0 Å². The summed E-state index contributed by atoms with van der Waals surface area (Å²) in [6.45, 7) is 2.94. The molecular weight excluding hydrogens is 313 g/mol. The highest BCUT2D eigenvalue weighted by atomic mass is 35.5. The molecule has 106 valence electrons. The van der Waals surface area contributed by atoms with Crippen molar-refractivity contribution in [2.24, 2.45) is 0 Å². The smallest absolute Gasteiger partial charge is 0.0454 e. The Kier molecular flexibility index (Phi) is 5.74. The summed E-state index contributed by atoms with van der Waals surface area (Å²) in [4.78, 5) is 0. The molecule has 20 heavy (non-hydrogen) atoms. The van der Waals surface area contributed by atoms with Crippen LogP contribution in [0, 0.1) is 0 Å². The van der Waals surface area contributed by atoms with Crippen LogP contribution >= 0.6 is 34.8 Å². The Balaban J connectivity index is 2.26. The number of rotatable bonds is 5. The molecule has 0 spiro atoms. The predicted octanol–water partition coefficient (Wildman–Crippen LogP) is 5.54. The van der Waals surface area contributed by atoms with E-state index in [9.17, 15) is 0 Å². The number of benzene rings is 2. The van der Waals surface area contributed by atoms with Gasteiger partial charge in [0.1, 0.15) is 0 Å². The molecule has 1 nitrogen and oxygen atoms in total. The molecule has 0 aliphatic carbocycles. The van der Waals surface area contributed by atoms with Crippen molar-refractivity contribution in [3.05, 3.63) is 68.7 Å². The monoisotopic (exact) mass is 327 g/mol. The van der Waals surface area contributed by atoms with E-state index < -0.39 is 0 Å². The van der Waals surface area contributed by atoms with Gasteiger partial charge in [-0.25, -0.2) is 0 Å². The molecule has 0 saturated heterocycles. The predicted molar refractivity (Wildman–Crippen MR) is 88.0 cm³/mol. The summed E-state index contributed by atoms with van der Waals surface area (Å²) in [6, 6.07) is 13.6. The molecule has 0 aromatic heterocycles. The first-order chi connectivity index (χ1) is 9.60. The van der Waals surface area contributed by atoms with Crippen molar-refractivity contribution in [1.29, 1.82) is 0 Å². The second-order valence-corrected chi connectivity index (χ2v) is 5.89. The molecule has 0 radical (unpaired) electrons. The molecule has 1 N–H and O–H groups in total. The first kappa shape index (κ1) is 15.7. The summed E-state index contributed by atoms with van der Waals surface area (Å²) in [5.41, 5.74) is 2.23. The normalized spacial score (nSPS) is 12.4. The van der Waals surface area contributed by atoms with Crippen LogP contribution in [0.5, 0.6) is 0 Å². The Labute approximate surface area is 134 Å². The Morgan fingerprint density at radius 1 is 0.950 bits per heavy atom. The van der Waals surface area contributed by atoms with Crippen LogP contribution in [0.3, 0.4) is 0 Å². The van der Waals surface area contributed by atoms with Crippen molar-refractivity contribution in [2.45, 2.75) is 19.4 Å². The molecule has 2 aromatic rings. The van der Waals surface area contributed by atoms with Crippen molar-refractivity contribution in [3.8, 4) is 0 Å². The van der Waals surface area contributed by atoms with Crippen molar-refractivity contribution in [1.82, 2.24) is 5.32 Å². The molecule has 0 aliphatic rings. The van der Waals surface area contributed by atoms with Gasteiger partial charge in [0.05, 0.1) is 0 Å². The Hall–Kier alpha value is -0.730. The van der Waals surface area contributed by atoms with Gasteiger partial charge >= 0.3 is 0 Å². The number of likely N-dealkylation sites (N-methyl/N-ethyl adjacent to an activating group) is 1. The molecule has 0 fully saturated rings. The van der Waals surface area contributed by atoms with Crippen LogP contribution in [0.15, 0.2) is 42.5 Å².